The molecule has 0 atom stereocenters. The summed E-state index contributed by atoms with van der Waals surface area (Å²) in [5.74, 6) is 0.600. The molecule has 0 bridgehead atoms. The molecule has 32 heavy (non-hydrogen) atoms. The number of imidazole rings is 1. The number of H-pyrrole nitrogens is 1. The Morgan fingerprint density at radius 2 is 1.59 bits per heavy atom. The maximum atomic E-state index is 12.7. The van der Waals surface area contributed by atoms with Gasteiger partial charge in [0.1, 0.15) is 5.82 Å². The van der Waals surface area contributed by atoms with E-state index in [0.717, 1.165) is 39.9 Å². The third-order valence-corrected chi connectivity index (χ3v) is 5.07. The van der Waals surface area contributed by atoms with Gasteiger partial charge in [-0.05, 0) is 66.4 Å². The number of nitrogens with one attached hydrogen (secondary N) is 1. The van der Waals surface area contributed by atoms with Gasteiger partial charge in [-0.1, -0.05) is 48.5 Å². The van der Waals surface area contributed by atoms with Crippen molar-refractivity contribution in [3.63, 3.8) is 0 Å². The van der Waals surface area contributed by atoms with Crippen molar-refractivity contribution in [2.45, 2.75) is 25.6 Å². The van der Waals surface area contributed by atoms with Gasteiger partial charge >= 0.3 is 35.7 Å². The number of nitrogens with zero attached hydrogens (tertiary/aromatic N) is 1. The Morgan fingerprint density at radius 3 is 2.25 bits per heavy atom. The van der Waals surface area contributed by atoms with E-state index in [-0.39, 0.29) is 29.6 Å². The molecule has 0 spiro atoms. The second-order valence-electron chi connectivity index (χ2n) is 7.91. The molecule has 3 aromatic carbocycles. The molecule has 0 unspecified atom stereocenters. The van der Waals surface area contributed by atoms with Gasteiger partial charge in [0.25, 0.3) is 0 Å². The van der Waals surface area contributed by atoms with E-state index in [2.05, 4.69) is 9.97 Å². The van der Waals surface area contributed by atoms with E-state index >= 15 is 0 Å². The first-order valence-corrected chi connectivity index (χ1v) is 9.79. The Hall–Kier alpha value is -2.38. The first kappa shape index (κ1) is 24.3. The second kappa shape index (κ2) is 9.24. The van der Waals surface area contributed by atoms with E-state index in [1.807, 2.05) is 42.5 Å². The number of fused-ring (bicyclic) bond motifs is 1. The van der Waals surface area contributed by atoms with Crippen molar-refractivity contribution < 1.29 is 18.3 Å². The number of benzene rings is 3. The second-order valence-corrected chi connectivity index (χ2v) is 7.91. The van der Waals surface area contributed by atoms with E-state index in [1.54, 1.807) is 26.0 Å². The maximum absolute atomic E-state index is 12.7. The normalized spacial score (nSPS) is 12.3. The van der Waals surface area contributed by atoms with Crippen LogP contribution in [0.15, 0.2) is 66.7 Å². The SMILES string of the molecule is CC(C)(O)c1ccccc1-c1ccc2[nH]c(/C=C/c3ccc(C(F)(F)F)cc3)nc2c1.[NaH]. The first-order chi connectivity index (χ1) is 14.6. The molecule has 4 rings (SSSR count). The Labute approximate surface area is 206 Å². The molecule has 7 heteroatoms. The average molecular weight is 446 g/mol. The summed E-state index contributed by atoms with van der Waals surface area (Å²) in [6.07, 6.45) is -0.905. The third-order valence-electron chi connectivity index (χ3n) is 5.07. The molecule has 0 aliphatic heterocycles. The van der Waals surface area contributed by atoms with Crippen LogP contribution in [0.5, 0.6) is 0 Å². The fourth-order valence-electron chi connectivity index (χ4n) is 3.50. The predicted octanol–water partition coefficient (Wildman–Crippen LogP) is 6.00. The van der Waals surface area contributed by atoms with Crippen LogP contribution < -0.4 is 0 Å². The molecular weight excluding hydrogens is 424 g/mol. The number of aromatic amines is 1. The number of rotatable bonds is 4. The standard InChI is InChI=1S/C25H21F3N2O.Na.H/c1-24(2,31)20-6-4-3-5-19(20)17-10-13-21-22(15-17)30-23(29-21)14-9-16-7-11-18(12-8-16)25(26,27)28;;/h3-15,31H,1-2H3,(H,29,30);;/b14-9+;;. The topological polar surface area (TPSA) is 48.9 Å². The minimum atomic E-state index is -4.34. The summed E-state index contributed by atoms with van der Waals surface area (Å²) in [4.78, 5) is 7.78. The Morgan fingerprint density at radius 1 is 0.906 bits per heavy atom. The molecular formula is C25H22F3N2NaO. The van der Waals surface area contributed by atoms with Gasteiger partial charge in [0, 0.05) is 0 Å². The van der Waals surface area contributed by atoms with E-state index in [1.165, 1.54) is 12.1 Å². The van der Waals surface area contributed by atoms with E-state index in [9.17, 15) is 18.3 Å². The van der Waals surface area contributed by atoms with Crippen LogP contribution in [0, 0.1) is 0 Å². The zero-order chi connectivity index (χ0) is 22.2. The summed E-state index contributed by atoms with van der Waals surface area (Å²) in [7, 11) is 0. The number of aromatic nitrogens is 2. The Balaban J connectivity index is 0.00000289. The van der Waals surface area contributed by atoms with Crippen molar-refractivity contribution in [2.75, 3.05) is 0 Å². The van der Waals surface area contributed by atoms with Crippen LogP contribution in [0.2, 0.25) is 0 Å². The molecule has 1 heterocycles. The Kier molecular flexibility index (Phi) is 7.00. The van der Waals surface area contributed by atoms with Gasteiger partial charge in [0.2, 0.25) is 0 Å². The van der Waals surface area contributed by atoms with Crippen molar-refractivity contribution in [2.24, 2.45) is 0 Å². The molecule has 0 saturated heterocycles. The number of halogens is 3. The van der Waals surface area contributed by atoms with Crippen molar-refractivity contribution in [3.8, 4) is 11.1 Å². The van der Waals surface area contributed by atoms with Crippen molar-refractivity contribution in [1.29, 1.82) is 0 Å². The fourth-order valence-corrected chi connectivity index (χ4v) is 3.50. The van der Waals surface area contributed by atoms with Crippen LogP contribution >= 0.6 is 0 Å². The number of aliphatic hydroxyl groups is 1. The summed E-state index contributed by atoms with van der Waals surface area (Å²) in [5, 5.41) is 10.5. The molecule has 1 aromatic heterocycles. The molecule has 2 N–H and O–H groups in total. The van der Waals surface area contributed by atoms with Crippen LogP contribution in [0.1, 0.15) is 36.4 Å². The summed E-state index contributed by atoms with van der Waals surface area (Å²) in [6, 6.07) is 18.5. The molecule has 160 valence electrons. The number of hydrogen-bond donors (Lipinski definition) is 2. The molecule has 0 saturated carbocycles. The van der Waals surface area contributed by atoms with Crippen molar-refractivity contribution >= 4 is 52.7 Å². The van der Waals surface area contributed by atoms with Gasteiger partial charge in [-0.2, -0.15) is 13.2 Å². The van der Waals surface area contributed by atoms with Gasteiger partial charge in [0.15, 0.2) is 0 Å². The summed E-state index contributed by atoms with van der Waals surface area (Å²) in [6.45, 7) is 3.51. The molecule has 0 radical (unpaired) electrons. The zero-order valence-corrected chi connectivity index (χ0v) is 17.0. The van der Waals surface area contributed by atoms with E-state index in [4.69, 9.17) is 0 Å². The minimum absolute atomic E-state index is 0. The van der Waals surface area contributed by atoms with Crippen LogP contribution in [-0.4, -0.2) is 44.6 Å². The predicted molar refractivity (Wildman–Crippen MR) is 124 cm³/mol. The average Bonchev–Trinajstić information content (AvgIpc) is 3.13. The third kappa shape index (κ3) is 5.33. The van der Waals surface area contributed by atoms with Gasteiger partial charge in [-0.15, -0.1) is 0 Å². The summed E-state index contributed by atoms with van der Waals surface area (Å²) < 4.78 is 38.1. The van der Waals surface area contributed by atoms with E-state index < -0.39 is 17.3 Å². The van der Waals surface area contributed by atoms with Crippen LogP contribution in [0.25, 0.3) is 34.3 Å². The van der Waals surface area contributed by atoms with Crippen LogP contribution in [0.4, 0.5) is 13.2 Å². The van der Waals surface area contributed by atoms with Gasteiger partial charge in [0.05, 0.1) is 22.2 Å². The van der Waals surface area contributed by atoms with Crippen molar-refractivity contribution in [1.82, 2.24) is 9.97 Å². The van der Waals surface area contributed by atoms with Crippen LogP contribution in [0.3, 0.4) is 0 Å². The van der Waals surface area contributed by atoms with Gasteiger partial charge in [-0.3, -0.25) is 0 Å². The van der Waals surface area contributed by atoms with E-state index in [0.29, 0.717) is 11.4 Å². The molecule has 0 fully saturated rings. The van der Waals surface area contributed by atoms with Crippen LogP contribution in [-0.2, 0) is 11.8 Å². The van der Waals surface area contributed by atoms with Crippen molar-refractivity contribution in [3.05, 3.63) is 89.2 Å². The molecule has 4 aromatic rings. The molecule has 3 nitrogen and oxygen atoms in total. The molecule has 0 aliphatic carbocycles. The zero-order valence-electron chi connectivity index (χ0n) is 17.0. The monoisotopic (exact) mass is 446 g/mol. The number of hydrogen-bond acceptors (Lipinski definition) is 2. The first-order valence-electron chi connectivity index (χ1n) is 9.79. The summed E-state index contributed by atoms with van der Waals surface area (Å²) >= 11 is 0. The summed E-state index contributed by atoms with van der Waals surface area (Å²) in [5.41, 5.74) is 3.29. The quantitative estimate of drug-likeness (QED) is 0.378. The fraction of sp³-hybridized carbons (Fsp3) is 0.160. The molecule has 0 amide bonds. The van der Waals surface area contributed by atoms with Gasteiger partial charge < -0.3 is 10.1 Å². The Bertz CT molecular complexity index is 1250. The molecule has 0 aliphatic rings. The van der Waals surface area contributed by atoms with Gasteiger partial charge in [-0.25, -0.2) is 4.98 Å². The number of alkyl halides is 3.